The van der Waals surface area contributed by atoms with Gasteiger partial charge in [0.1, 0.15) is 18.2 Å². The number of aromatic nitrogens is 2. The first-order chi connectivity index (χ1) is 13.1. The second kappa shape index (κ2) is 9.45. The molecule has 0 amide bonds. The molecule has 0 saturated heterocycles. The number of para-hydroxylation sites is 2. The van der Waals surface area contributed by atoms with Crippen molar-refractivity contribution in [2.24, 2.45) is 0 Å². The van der Waals surface area contributed by atoms with Gasteiger partial charge in [-0.15, -0.1) is 0 Å². The number of nitrogens with zero attached hydrogens (tertiary/aromatic N) is 3. The molecular formula is C21H25Cl2N3O. The average molecular weight is 406 g/mol. The van der Waals surface area contributed by atoms with Crippen LogP contribution in [0.15, 0.2) is 42.5 Å². The normalized spacial score (nSPS) is 11.4. The van der Waals surface area contributed by atoms with E-state index >= 15 is 0 Å². The standard InChI is InChI=1S/C21H25Cl2N3O/c1-3-25(4-2)12-7-13-26-19-9-6-5-8-18(19)24-21(26)15-27-20-11-10-16(22)14-17(20)23/h5-6,8-11,14H,3-4,7,12-13,15H2,1-2H3. The molecule has 0 unspecified atom stereocenters. The molecule has 144 valence electrons. The molecular weight excluding hydrogens is 381 g/mol. The molecule has 0 N–H and O–H groups in total. The van der Waals surface area contributed by atoms with Crippen LogP contribution in [0.4, 0.5) is 0 Å². The molecule has 0 aliphatic heterocycles. The van der Waals surface area contributed by atoms with Gasteiger partial charge in [-0.3, -0.25) is 0 Å². The Labute approximate surface area is 170 Å². The fraction of sp³-hybridized carbons (Fsp3) is 0.381. The first kappa shape index (κ1) is 20.0. The third kappa shape index (κ3) is 4.95. The molecule has 6 heteroatoms. The molecule has 1 heterocycles. The maximum Gasteiger partial charge on any atom is 0.148 e. The van der Waals surface area contributed by atoms with Gasteiger partial charge in [0.15, 0.2) is 0 Å². The molecule has 0 spiro atoms. The van der Waals surface area contributed by atoms with Gasteiger partial charge in [-0.2, -0.15) is 0 Å². The van der Waals surface area contributed by atoms with Crippen LogP contribution in [0.2, 0.25) is 10.0 Å². The van der Waals surface area contributed by atoms with Gasteiger partial charge < -0.3 is 14.2 Å². The minimum atomic E-state index is 0.362. The third-order valence-corrected chi connectivity index (χ3v) is 5.27. The molecule has 1 aromatic heterocycles. The molecule has 2 aromatic carbocycles. The molecule has 0 radical (unpaired) electrons. The van der Waals surface area contributed by atoms with Crippen LogP contribution in [-0.4, -0.2) is 34.1 Å². The molecule has 0 saturated carbocycles. The van der Waals surface area contributed by atoms with Gasteiger partial charge in [-0.05, 0) is 56.4 Å². The molecule has 3 aromatic rings. The maximum absolute atomic E-state index is 6.22. The van der Waals surface area contributed by atoms with E-state index < -0.39 is 0 Å². The summed E-state index contributed by atoms with van der Waals surface area (Å²) < 4.78 is 8.19. The van der Waals surface area contributed by atoms with Crippen molar-refractivity contribution in [2.75, 3.05) is 19.6 Å². The summed E-state index contributed by atoms with van der Waals surface area (Å²) >= 11 is 12.2. The smallest absolute Gasteiger partial charge is 0.148 e. The van der Waals surface area contributed by atoms with Gasteiger partial charge in [0.05, 0.1) is 16.1 Å². The predicted octanol–water partition coefficient (Wildman–Crippen LogP) is 5.65. The minimum absolute atomic E-state index is 0.362. The van der Waals surface area contributed by atoms with Crippen molar-refractivity contribution >= 4 is 34.2 Å². The van der Waals surface area contributed by atoms with Gasteiger partial charge >= 0.3 is 0 Å². The molecule has 0 aliphatic rings. The zero-order chi connectivity index (χ0) is 19.2. The van der Waals surface area contributed by atoms with E-state index in [-0.39, 0.29) is 0 Å². The number of benzene rings is 2. The van der Waals surface area contributed by atoms with E-state index in [0.29, 0.717) is 22.4 Å². The Morgan fingerprint density at radius 2 is 1.85 bits per heavy atom. The van der Waals surface area contributed by atoms with Gasteiger partial charge in [0.2, 0.25) is 0 Å². The Balaban J connectivity index is 1.77. The van der Waals surface area contributed by atoms with E-state index in [0.717, 1.165) is 49.5 Å². The van der Waals surface area contributed by atoms with Crippen molar-refractivity contribution in [3.8, 4) is 5.75 Å². The van der Waals surface area contributed by atoms with Crippen molar-refractivity contribution in [3.05, 3.63) is 58.3 Å². The summed E-state index contributed by atoms with van der Waals surface area (Å²) in [7, 11) is 0. The highest BCUT2D eigenvalue weighted by atomic mass is 35.5. The SMILES string of the molecule is CCN(CC)CCCn1c(COc2ccc(Cl)cc2Cl)nc2ccccc21. The number of imidazole rings is 1. The fourth-order valence-electron chi connectivity index (χ4n) is 3.21. The molecule has 0 atom stereocenters. The lowest BCUT2D eigenvalue weighted by atomic mass is 10.3. The van der Waals surface area contributed by atoms with E-state index in [1.165, 1.54) is 0 Å². The Bertz CT molecular complexity index is 890. The largest absolute Gasteiger partial charge is 0.484 e. The molecule has 27 heavy (non-hydrogen) atoms. The van der Waals surface area contributed by atoms with Gasteiger partial charge in [-0.25, -0.2) is 4.98 Å². The van der Waals surface area contributed by atoms with Crippen LogP contribution in [-0.2, 0) is 13.2 Å². The van der Waals surface area contributed by atoms with Crippen molar-refractivity contribution in [2.45, 2.75) is 33.4 Å². The highest BCUT2D eigenvalue weighted by Crippen LogP contribution is 2.28. The van der Waals surface area contributed by atoms with Crippen LogP contribution in [0.1, 0.15) is 26.1 Å². The highest BCUT2D eigenvalue weighted by Gasteiger charge is 2.12. The predicted molar refractivity (Wildman–Crippen MR) is 113 cm³/mol. The first-order valence-electron chi connectivity index (χ1n) is 9.36. The Morgan fingerprint density at radius 3 is 2.59 bits per heavy atom. The van der Waals surface area contributed by atoms with E-state index in [1.54, 1.807) is 18.2 Å². The summed E-state index contributed by atoms with van der Waals surface area (Å²) in [6, 6.07) is 13.5. The van der Waals surface area contributed by atoms with Crippen LogP contribution >= 0.6 is 23.2 Å². The maximum atomic E-state index is 6.22. The summed E-state index contributed by atoms with van der Waals surface area (Å²) in [5.74, 6) is 1.52. The zero-order valence-corrected chi connectivity index (χ0v) is 17.3. The van der Waals surface area contributed by atoms with E-state index in [4.69, 9.17) is 32.9 Å². The third-order valence-electron chi connectivity index (χ3n) is 4.73. The van der Waals surface area contributed by atoms with Crippen LogP contribution in [0.5, 0.6) is 5.75 Å². The molecule has 0 fully saturated rings. The number of ether oxygens (including phenoxy) is 1. The molecule has 4 nitrogen and oxygen atoms in total. The van der Waals surface area contributed by atoms with E-state index in [2.05, 4.69) is 29.4 Å². The van der Waals surface area contributed by atoms with Gasteiger partial charge in [0.25, 0.3) is 0 Å². The van der Waals surface area contributed by atoms with Crippen molar-refractivity contribution in [3.63, 3.8) is 0 Å². The summed E-state index contributed by atoms with van der Waals surface area (Å²) in [5, 5.41) is 1.10. The van der Waals surface area contributed by atoms with Crippen LogP contribution in [0, 0.1) is 0 Å². The number of halogens is 2. The lowest BCUT2D eigenvalue weighted by Gasteiger charge is -2.18. The summed E-state index contributed by atoms with van der Waals surface area (Å²) in [6.07, 6.45) is 1.07. The average Bonchev–Trinajstić information content (AvgIpc) is 3.02. The second-order valence-corrected chi connectivity index (χ2v) is 7.26. The van der Waals surface area contributed by atoms with Crippen molar-refractivity contribution in [1.82, 2.24) is 14.5 Å². The topological polar surface area (TPSA) is 30.3 Å². The summed E-state index contributed by atoms with van der Waals surface area (Å²) in [4.78, 5) is 7.20. The van der Waals surface area contributed by atoms with Crippen LogP contribution in [0.25, 0.3) is 11.0 Å². The molecule has 3 rings (SSSR count). The minimum Gasteiger partial charge on any atom is -0.484 e. The first-order valence-corrected chi connectivity index (χ1v) is 10.1. The molecule has 0 aliphatic carbocycles. The van der Waals surface area contributed by atoms with Crippen LogP contribution in [0.3, 0.4) is 0 Å². The number of rotatable bonds is 9. The van der Waals surface area contributed by atoms with Gasteiger partial charge in [-0.1, -0.05) is 49.2 Å². The van der Waals surface area contributed by atoms with Gasteiger partial charge in [0, 0.05) is 11.6 Å². The zero-order valence-electron chi connectivity index (χ0n) is 15.8. The quantitative estimate of drug-likeness (QED) is 0.460. The van der Waals surface area contributed by atoms with Crippen molar-refractivity contribution < 1.29 is 4.74 Å². The Morgan fingerprint density at radius 1 is 1.07 bits per heavy atom. The summed E-state index contributed by atoms with van der Waals surface area (Å²) in [6.45, 7) is 8.89. The number of fused-ring (bicyclic) bond motifs is 1. The monoisotopic (exact) mass is 405 g/mol. The van der Waals surface area contributed by atoms with Crippen molar-refractivity contribution in [1.29, 1.82) is 0 Å². The molecule has 0 bridgehead atoms. The highest BCUT2D eigenvalue weighted by molar-refractivity contribution is 6.35. The van der Waals surface area contributed by atoms with E-state index in [1.807, 2.05) is 18.2 Å². The fourth-order valence-corrected chi connectivity index (χ4v) is 3.67. The number of hydrogen-bond acceptors (Lipinski definition) is 3. The lowest BCUT2D eigenvalue weighted by Crippen LogP contribution is -2.25. The second-order valence-electron chi connectivity index (χ2n) is 6.41. The number of hydrogen-bond donors (Lipinski definition) is 0. The summed E-state index contributed by atoms with van der Waals surface area (Å²) in [5.41, 5.74) is 2.12. The lowest BCUT2D eigenvalue weighted by molar-refractivity contribution is 0.279. The number of aryl methyl sites for hydroxylation is 1. The Kier molecular flexibility index (Phi) is 7.00. The Hall–Kier alpha value is -1.75. The van der Waals surface area contributed by atoms with E-state index in [9.17, 15) is 0 Å². The van der Waals surface area contributed by atoms with Crippen LogP contribution < -0.4 is 4.74 Å².